The number of anilines is 1. The van der Waals surface area contributed by atoms with Gasteiger partial charge in [0.25, 0.3) is 11.5 Å². The SMILES string of the molecule is COC(=O)C1=C(Nc2cccc(Cn3ccc(OCCc4cccs4)cc3=O)c2C)C(=O)N(CCO)C1. The maximum atomic E-state index is 12.9. The highest BCUT2D eigenvalue weighted by Gasteiger charge is 2.34. The number of hydrogen-bond acceptors (Lipinski definition) is 8. The molecule has 1 amide bonds. The fourth-order valence-electron chi connectivity index (χ4n) is 4.09. The van der Waals surface area contributed by atoms with Crippen molar-refractivity contribution in [1.29, 1.82) is 0 Å². The van der Waals surface area contributed by atoms with Crippen molar-refractivity contribution in [3.63, 3.8) is 0 Å². The molecule has 0 spiro atoms. The van der Waals surface area contributed by atoms with Gasteiger partial charge in [0.05, 0.1) is 39.0 Å². The number of nitrogens with one attached hydrogen (secondary N) is 1. The van der Waals surface area contributed by atoms with Gasteiger partial charge in [0.1, 0.15) is 11.4 Å². The van der Waals surface area contributed by atoms with Crippen molar-refractivity contribution in [3.05, 3.63) is 91.7 Å². The van der Waals surface area contributed by atoms with E-state index in [0.29, 0.717) is 24.6 Å². The highest BCUT2D eigenvalue weighted by Crippen LogP contribution is 2.26. The van der Waals surface area contributed by atoms with E-state index in [1.54, 1.807) is 34.2 Å². The van der Waals surface area contributed by atoms with Crippen LogP contribution >= 0.6 is 11.3 Å². The molecule has 4 rings (SSSR count). The highest BCUT2D eigenvalue weighted by molar-refractivity contribution is 7.09. The molecule has 194 valence electrons. The first-order valence-corrected chi connectivity index (χ1v) is 12.7. The first-order valence-electron chi connectivity index (χ1n) is 11.8. The summed E-state index contributed by atoms with van der Waals surface area (Å²) in [4.78, 5) is 40.5. The smallest absolute Gasteiger partial charge is 0.337 e. The molecule has 0 saturated heterocycles. The molecule has 1 aliphatic heterocycles. The molecule has 2 N–H and O–H groups in total. The molecule has 0 bridgehead atoms. The van der Waals surface area contributed by atoms with Gasteiger partial charge in [-0.15, -0.1) is 11.3 Å². The lowest BCUT2D eigenvalue weighted by molar-refractivity contribution is -0.136. The van der Waals surface area contributed by atoms with Crippen molar-refractivity contribution in [3.8, 4) is 5.75 Å². The van der Waals surface area contributed by atoms with Crippen LogP contribution in [0.4, 0.5) is 5.69 Å². The Balaban J connectivity index is 1.49. The average Bonchev–Trinajstić information content (AvgIpc) is 3.51. The summed E-state index contributed by atoms with van der Waals surface area (Å²) in [6.45, 7) is 2.66. The number of amides is 1. The minimum atomic E-state index is -0.602. The van der Waals surface area contributed by atoms with Crippen LogP contribution < -0.4 is 15.6 Å². The third-order valence-corrected chi connectivity index (χ3v) is 7.10. The van der Waals surface area contributed by atoms with Gasteiger partial charge < -0.3 is 29.4 Å². The normalized spacial score (nSPS) is 13.3. The van der Waals surface area contributed by atoms with Crippen molar-refractivity contribution < 1.29 is 24.2 Å². The predicted molar refractivity (Wildman–Crippen MR) is 141 cm³/mol. The van der Waals surface area contributed by atoms with E-state index in [1.807, 2.05) is 30.5 Å². The summed E-state index contributed by atoms with van der Waals surface area (Å²) in [5.41, 5.74) is 2.48. The second-order valence-corrected chi connectivity index (χ2v) is 9.55. The third kappa shape index (κ3) is 6.10. The molecular formula is C27H29N3O6S. The number of thiophene rings is 1. The number of methoxy groups -OCH3 is 1. The van der Waals surface area contributed by atoms with E-state index in [4.69, 9.17) is 9.47 Å². The van der Waals surface area contributed by atoms with E-state index in [1.165, 1.54) is 23.0 Å². The van der Waals surface area contributed by atoms with Crippen molar-refractivity contribution in [2.45, 2.75) is 19.9 Å². The fraction of sp³-hybridized carbons (Fsp3) is 0.296. The van der Waals surface area contributed by atoms with Crippen LogP contribution in [-0.2, 0) is 27.3 Å². The minimum absolute atomic E-state index is 0.0598. The van der Waals surface area contributed by atoms with Crippen LogP contribution in [0.1, 0.15) is 16.0 Å². The Morgan fingerprint density at radius 2 is 2.03 bits per heavy atom. The first-order chi connectivity index (χ1) is 17.9. The molecule has 0 aliphatic carbocycles. The third-order valence-electron chi connectivity index (χ3n) is 6.16. The molecule has 1 aromatic carbocycles. The van der Waals surface area contributed by atoms with Crippen molar-refractivity contribution in [2.75, 3.05) is 38.7 Å². The van der Waals surface area contributed by atoms with Crippen LogP contribution in [0.15, 0.2) is 70.1 Å². The molecule has 0 unspecified atom stereocenters. The maximum Gasteiger partial charge on any atom is 0.337 e. The van der Waals surface area contributed by atoms with Crippen molar-refractivity contribution >= 4 is 28.9 Å². The summed E-state index contributed by atoms with van der Waals surface area (Å²) in [5.74, 6) is -0.459. The number of pyridine rings is 1. The molecule has 2 aromatic heterocycles. The largest absolute Gasteiger partial charge is 0.493 e. The van der Waals surface area contributed by atoms with Gasteiger partial charge in [0.15, 0.2) is 0 Å². The number of aromatic nitrogens is 1. The second kappa shape index (κ2) is 11.9. The fourth-order valence-corrected chi connectivity index (χ4v) is 4.78. The standard InChI is InChI=1S/C27H29N3O6S/c1-18-19(16-29-10-8-20(15-24(29)32)36-13-9-21-6-4-14-37-21)5-3-7-23(18)28-25-22(27(34)35-2)17-30(11-12-31)26(25)33/h3-8,10,14-15,28,31H,9,11-13,16-17H2,1-2H3. The lowest BCUT2D eigenvalue weighted by Gasteiger charge is -2.17. The van der Waals surface area contributed by atoms with Gasteiger partial charge in [-0.1, -0.05) is 18.2 Å². The topological polar surface area (TPSA) is 110 Å². The molecular weight excluding hydrogens is 494 g/mol. The Labute approximate surface area is 218 Å². The predicted octanol–water partition coefficient (Wildman–Crippen LogP) is 2.56. The summed E-state index contributed by atoms with van der Waals surface area (Å²) >= 11 is 1.67. The molecule has 0 atom stereocenters. The second-order valence-electron chi connectivity index (χ2n) is 8.52. The molecule has 1 aliphatic rings. The number of ether oxygens (including phenoxy) is 2. The van der Waals surface area contributed by atoms with Gasteiger partial charge in [-0.3, -0.25) is 9.59 Å². The number of β-amino-alcohol motifs (C(OH)–C–C–N with tert-alkyl or cyclic N) is 1. The Morgan fingerprint density at radius 3 is 2.73 bits per heavy atom. The van der Waals surface area contributed by atoms with Crippen LogP contribution in [-0.4, -0.2) is 59.9 Å². The number of rotatable bonds is 11. The molecule has 3 heterocycles. The summed E-state index contributed by atoms with van der Waals surface area (Å²) in [7, 11) is 1.26. The highest BCUT2D eigenvalue weighted by atomic mass is 32.1. The van der Waals surface area contributed by atoms with Gasteiger partial charge in [-0.25, -0.2) is 4.79 Å². The quantitative estimate of drug-likeness (QED) is 0.372. The van der Waals surface area contributed by atoms with Crippen LogP contribution in [0.5, 0.6) is 5.75 Å². The Kier molecular flexibility index (Phi) is 8.42. The number of hydrogen-bond donors (Lipinski definition) is 2. The van der Waals surface area contributed by atoms with Gasteiger partial charge in [-0.05, 0) is 41.6 Å². The Morgan fingerprint density at radius 1 is 1.19 bits per heavy atom. The van der Waals surface area contributed by atoms with Gasteiger partial charge >= 0.3 is 5.97 Å². The van der Waals surface area contributed by atoms with E-state index in [2.05, 4.69) is 11.4 Å². The van der Waals surface area contributed by atoms with Crippen LogP contribution in [0.2, 0.25) is 0 Å². The average molecular weight is 524 g/mol. The number of aliphatic hydroxyl groups excluding tert-OH is 1. The number of benzene rings is 1. The first kappa shape index (κ1) is 26.2. The number of esters is 1. The zero-order valence-corrected chi connectivity index (χ0v) is 21.5. The lowest BCUT2D eigenvalue weighted by atomic mass is 10.1. The monoisotopic (exact) mass is 523 g/mol. The number of carbonyl (C=O) groups excluding carboxylic acids is 2. The maximum absolute atomic E-state index is 12.9. The van der Waals surface area contributed by atoms with Crippen LogP contribution in [0, 0.1) is 6.92 Å². The molecule has 3 aromatic rings. The van der Waals surface area contributed by atoms with Gasteiger partial charge in [-0.2, -0.15) is 0 Å². The van der Waals surface area contributed by atoms with E-state index in [0.717, 1.165) is 17.5 Å². The van der Waals surface area contributed by atoms with Gasteiger partial charge in [0, 0.05) is 35.8 Å². The molecule has 0 fully saturated rings. The lowest BCUT2D eigenvalue weighted by Crippen LogP contribution is -2.31. The van der Waals surface area contributed by atoms with Crippen LogP contribution in [0.25, 0.3) is 0 Å². The van der Waals surface area contributed by atoms with Crippen LogP contribution in [0.3, 0.4) is 0 Å². The summed E-state index contributed by atoms with van der Waals surface area (Å²) in [6, 6.07) is 12.8. The molecule has 9 nitrogen and oxygen atoms in total. The summed E-state index contributed by atoms with van der Waals surface area (Å²) in [5, 5.41) is 14.4. The van der Waals surface area contributed by atoms with E-state index in [-0.39, 0.29) is 42.4 Å². The summed E-state index contributed by atoms with van der Waals surface area (Å²) < 4.78 is 12.2. The van der Waals surface area contributed by atoms with E-state index in [9.17, 15) is 19.5 Å². The molecule has 0 radical (unpaired) electrons. The minimum Gasteiger partial charge on any atom is -0.493 e. The zero-order valence-electron chi connectivity index (χ0n) is 20.7. The summed E-state index contributed by atoms with van der Waals surface area (Å²) in [6.07, 6.45) is 2.49. The van der Waals surface area contributed by atoms with E-state index >= 15 is 0 Å². The van der Waals surface area contributed by atoms with Gasteiger partial charge in [0.2, 0.25) is 0 Å². The number of aliphatic hydroxyl groups is 1. The number of nitrogens with zero attached hydrogens (tertiary/aromatic N) is 2. The Bertz CT molecular complexity index is 1360. The Hall–Kier alpha value is -3.89. The van der Waals surface area contributed by atoms with Crippen molar-refractivity contribution in [1.82, 2.24) is 9.47 Å². The van der Waals surface area contributed by atoms with E-state index < -0.39 is 5.97 Å². The number of carbonyl (C=O) groups is 2. The molecule has 0 saturated carbocycles. The zero-order chi connectivity index (χ0) is 26.4. The van der Waals surface area contributed by atoms with Crippen molar-refractivity contribution in [2.24, 2.45) is 0 Å². The molecule has 10 heteroatoms. The molecule has 37 heavy (non-hydrogen) atoms.